The van der Waals surface area contributed by atoms with Crippen LogP contribution >= 0.6 is 11.3 Å². The van der Waals surface area contributed by atoms with E-state index in [0.29, 0.717) is 0 Å². The largest absolute Gasteiger partial charge is 0.454 e. The van der Waals surface area contributed by atoms with Gasteiger partial charge in [-0.15, -0.1) is 11.3 Å². The highest BCUT2D eigenvalue weighted by Crippen LogP contribution is 2.24. The Hall–Kier alpha value is 0.0538. The van der Waals surface area contributed by atoms with E-state index < -0.39 is 16.6 Å². The third kappa shape index (κ3) is 3.27. The monoisotopic (exact) mass is 271 g/mol. The Kier molecular flexibility index (Phi) is 3.42. The van der Waals surface area contributed by atoms with Crippen molar-refractivity contribution in [1.29, 1.82) is 0 Å². The molecule has 1 aromatic rings. The van der Waals surface area contributed by atoms with Crippen molar-refractivity contribution in [2.75, 3.05) is 12.3 Å². The quantitative estimate of drug-likeness (QED) is 0.767. The maximum Gasteiger partial charge on any atom is 0.187 e. The SMILES string of the molecule is C[Si]1(C)CN(Cc2cccs2)C[Si](C)(C)O1. The lowest BCUT2D eigenvalue weighted by Gasteiger charge is -2.45. The van der Waals surface area contributed by atoms with Crippen LogP contribution in [0.1, 0.15) is 4.88 Å². The van der Waals surface area contributed by atoms with E-state index in [4.69, 9.17) is 4.12 Å². The second-order valence-corrected chi connectivity index (χ2v) is 15.4. The van der Waals surface area contributed by atoms with E-state index in [9.17, 15) is 0 Å². The van der Waals surface area contributed by atoms with Crippen LogP contribution in [0.4, 0.5) is 0 Å². The van der Waals surface area contributed by atoms with Crippen molar-refractivity contribution in [2.45, 2.75) is 32.7 Å². The highest BCUT2D eigenvalue weighted by atomic mass is 32.1. The minimum atomic E-state index is -1.43. The van der Waals surface area contributed by atoms with E-state index in [1.165, 1.54) is 17.2 Å². The first-order valence-corrected chi connectivity index (χ1v) is 12.9. The molecule has 1 aliphatic rings. The Morgan fingerprint density at radius 3 is 2.38 bits per heavy atom. The summed E-state index contributed by atoms with van der Waals surface area (Å²) in [5.41, 5.74) is 0. The second kappa shape index (κ2) is 4.38. The molecule has 0 atom stereocenters. The summed E-state index contributed by atoms with van der Waals surface area (Å²) in [6.07, 6.45) is 2.36. The summed E-state index contributed by atoms with van der Waals surface area (Å²) in [6.45, 7) is 10.5. The van der Waals surface area contributed by atoms with Crippen LogP contribution in [0.3, 0.4) is 0 Å². The third-order valence-electron chi connectivity index (χ3n) is 2.72. The average molecular weight is 272 g/mol. The van der Waals surface area contributed by atoms with Crippen LogP contribution < -0.4 is 0 Å². The summed E-state index contributed by atoms with van der Waals surface area (Å²) in [4.78, 5) is 4.10. The number of thiophene rings is 1. The van der Waals surface area contributed by atoms with E-state index >= 15 is 0 Å². The van der Waals surface area contributed by atoms with E-state index in [1.807, 2.05) is 11.3 Å². The topological polar surface area (TPSA) is 12.5 Å². The van der Waals surface area contributed by atoms with Crippen molar-refractivity contribution in [3.63, 3.8) is 0 Å². The van der Waals surface area contributed by atoms with Crippen LogP contribution in [-0.2, 0) is 10.7 Å². The van der Waals surface area contributed by atoms with Gasteiger partial charge in [0.15, 0.2) is 16.6 Å². The van der Waals surface area contributed by atoms with Crippen LogP contribution in [0, 0.1) is 0 Å². The van der Waals surface area contributed by atoms with Crippen molar-refractivity contribution >= 4 is 28.0 Å². The summed E-state index contributed by atoms with van der Waals surface area (Å²) < 4.78 is 6.35. The average Bonchev–Trinajstić information content (AvgIpc) is 2.49. The van der Waals surface area contributed by atoms with E-state index in [0.717, 1.165) is 6.54 Å². The normalized spacial score (nSPS) is 24.5. The summed E-state index contributed by atoms with van der Waals surface area (Å²) >= 11 is 1.87. The van der Waals surface area contributed by atoms with Gasteiger partial charge < -0.3 is 4.12 Å². The summed E-state index contributed by atoms with van der Waals surface area (Å²) in [6, 6.07) is 4.38. The molecule has 16 heavy (non-hydrogen) atoms. The lowest BCUT2D eigenvalue weighted by Crippen LogP contribution is -2.62. The smallest absolute Gasteiger partial charge is 0.187 e. The van der Waals surface area contributed by atoms with Crippen LogP contribution in [0.25, 0.3) is 0 Å². The van der Waals surface area contributed by atoms with Gasteiger partial charge in [0.25, 0.3) is 0 Å². The number of rotatable bonds is 2. The van der Waals surface area contributed by atoms with Gasteiger partial charge in [-0.2, -0.15) is 0 Å². The fourth-order valence-electron chi connectivity index (χ4n) is 2.68. The molecule has 90 valence electrons. The van der Waals surface area contributed by atoms with Gasteiger partial charge >= 0.3 is 0 Å². The van der Waals surface area contributed by atoms with Crippen LogP contribution in [0.15, 0.2) is 17.5 Å². The molecule has 0 saturated carbocycles. The molecule has 0 bridgehead atoms. The van der Waals surface area contributed by atoms with Crippen molar-refractivity contribution in [1.82, 2.24) is 4.90 Å². The highest BCUT2D eigenvalue weighted by Gasteiger charge is 2.41. The second-order valence-electron chi connectivity index (χ2n) is 5.85. The van der Waals surface area contributed by atoms with Crippen molar-refractivity contribution in [3.8, 4) is 0 Å². The van der Waals surface area contributed by atoms with Gasteiger partial charge in [-0.3, -0.25) is 4.90 Å². The molecular formula is C11H21NOSSi2. The van der Waals surface area contributed by atoms with Crippen molar-refractivity contribution in [2.24, 2.45) is 0 Å². The molecule has 1 saturated heterocycles. The number of hydrogen-bond acceptors (Lipinski definition) is 3. The van der Waals surface area contributed by atoms with Gasteiger partial charge in [-0.1, -0.05) is 6.07 Å². The van der Waals surface area contributed by atoms with Crippen molar-refractivity contribution < 1.29 is 4.12 Å². The van der Waals surface area contributed by atoms with Gasteiger partial charge in [-0.05, 0) is 37.6 Å². The van der Waals surface area contributed by atoms with Crippen molar-refractivity contribution in [3.05, 3.63) is 22.4 Å². The van der Waals surface area contributed by atoms with Gasteiger partial charge in [0.1, 0.15) is 0 Å². The minimum Gasteiger partial charge on any atom is -0.454 e. The maximum absolute atomic E-state index is 6.35. The van der Waals surface area contributed by atoms with Crippen LogP contribution in [0.5, 0.6) is 0 Å². The Morgan fingerprint density at radius 2 is 1.88 bits per heavy atom. The summed E-state index contributed by atoms with van der Waals surface area (Å²) in [5.74, 6) is 0. The molecule has 0 aromatic carbocycles. The molecule has 0 spiro atoms. The van der Waals surface area contributed by atoms with Gasteiger partial charge in [0.2, 0.25) is 0 Å². The molecule has 0 unspecified atom stereocenters. The predicted octanol–water partition coefficient (Wildman–Crippen LogP) is 3.07. The zero-order valence-electron chi connectivity index (χ0n) is 10.6. The number of hydrogen-bond donors (Lipinski definition) is 0. The number of nitrogens with zero attached hydrogens (tertiary/aromatic N) is 1. The first kappa shape index (κ1) is 12.5. The summed E-state index contributed by atoms with van der Waals surface area (Å²) in [7, 11) is -2.86. The Bertz CT molecular complexity index is 335. The maximum atomic E-state index is 6.35. The lowest BCUT2D eigenvalue weighted by molar-refractivity contribution is 0.293. The molecule has 0 N–H and O–H groups in total. The fraction of sp³-hybridized carbons (Fsp3) is 0.636. The molecule has 2 heterocycles. The fourth-order valence-corrected chi connectivity index (χ4v) is 12.8. The molecule has 1 aromatic heterocycles. The van der Waals surface area contributed by atoms with Gasteiger partial charge in [0.05, 0.1) is 0 Å². The lowest BCUT2D eigenvalue weighted by atomic mass is 10.4. The van der Waals surface area contributed by atoms with Gasteiger partial charge in [-0.25, -0.2) is 0 Å². The molecule has 2 rings (SSSR count). The third-order valence-corrected chi connectivity index (χ3v) is 10.4. The van der Waals surface area contributed by atoms with E-state index in [1.54, 1.807) is 0 Å². The Labute approximate surface area is 105 Å². The highest BCUT2D eigenvalue weighted by molar-refractivity contribution is 7.09. The minimum absolute atomic E-state index is 1.12. The van der Waals surface area contributed by atoms with Crippen LogP contribution in [0.2, 0.25) is 26.2 Å². The summed E-state index contributed by atoms with van der Waals surface area (Å²) in [5, 5.41) is 2.17. The first-order chi connectivity index (χ1) is 7.36. The Morgan fingerprint density at radius 1 is 1.25 bits per heavy atom. The van der Waals surface area contributed by atoms with Gasteiger partial charge in [0, 0.05) is 23.8 Å². The molecular weight excluding hydrogens is 250 g/mol. The predicted molar refractivity (Wildman–Crippen MR) is 75.6 cm³/mol. The van der Waals surface area contributed by atoms with E-state index in [2.05, 4.69) is 48.6 Å². The first-order valence-electron chi connectivity index (χ1n) is 5.81. The molecule has 1 fully saturated rings. The molecule has 2 nitrogen and oxygen atoms in total. The zero-order chi connectivity index (χ0) is 11.8. The molecule has 0 amide bonds. The Balaban J connectivity index is 2.05. The van der Waals surface area contributed by atoms with E-state index in [-0.39, 0.29) is 0 Å². The molecule has 5 heteroatoms. The molecule has 0 aliphatic carbocycles. The molecule has 0 radical (unpaired) electrons. The van der Waals surface area contributed by atoms with Crippen LogP contribution in [-0.4, -0.2) is 33.9 Å². The molecule has 1 aliphatic heterocycles. The standard InChI is InChI=1S/C11H21NOSSi2/c1-15(2)9-12(10-16(3,4)13-15)8-11-6-5-7-14-11/h5-7H,8-10H2,1-4H3. The zero-order valence-corrected chi connectivity index (χ0v) is 13.4.